The molecule has 0 fully saturated rings. The maximum absolute atomic E-state index is 5.21. The average molecular weight is 231 g/mol. The van der Waals surface area contributed by atoms with Gasteiger partial charge in [-0.2, -0.15) is 4.98 Å². The van der Waals surface area contributed by atoms with E-state index in [1.54, 1.807) is 0 Å². The topological polar surface area (TPSA) is 51.0 Å². The van der Waals surface area contributed by atoms with Gasteiger partial charge in [0.05, 0.1) is 6.42 Å². The summed E-state index contributed by atoms with van der Waals surface area (Å²) >= 11 is 0. The van der Waals surface area contributed by atoms with Crippen LogP contribution < -0.4 is 5.32 Å². The van der Waals surface area contributed by atoms with Crippen LogP contribution in [0.15, 0.2) is 28.8 Å². The summed E-state index contributed by atoms with van der Waals surface area (Å²) in [6.07, 6.45) is 1.50. The van der Waals surface area contributed by atoms with Gasteiger partial charge >= 0.3 is 0 Å². The zero-order valence-corrected chi connectivity index (χ0v) is 10.2. The molecule has 90 valence electrons. The fourth-order valence-corrected chi connectivity index (χ4v) is 1.58. The Morgan fingerprint density at radius 3 is 2.71 bits per heavy atom. The van der Waals surface area contributed by atoms with Gasteiger partial charge < -0.3 is 9.84 Å². The Morgan fingerprint density at radius 2 is 2.00 bits per heavy atom. The molecule has 0 aliphatic heterocycles. The summed E-state index contributed by atoms with van der Waals surface area (Å²) in [6.45, 7) is 2.94. The first-order chi connectivity index (χ1) is 8.28. The molecule has 1 aromatic carbocycles. The lowest BCUT2D eigenvalue weighted by Crippen LogP contribution is -2.11. The minimum Gasteiger partial charge on any atom is -0.339 e. The van der Waals surface area contributed by atoms with E-state index in [0.717, 1.165) is 18.8 Å². The highest BCUT2D eigenvalue weighted by atomic mass is 16.5. The molecule has 4 nitrogen and oxygen atoms in total. The quantitative estimate of drug-likeness (QED) is 0.851. The number of rotatable bonds is 5. The van der Waals surface area contributed by atoms with Gasteiger partial charge in [0, 0.05) is 13.0 Å². The highest BCUT2D eigenvalue weighted by Gasteiger charge is 2.06. The van der Waals surface area contributed by atoms with Crippen LogP contribution >= 0.6 is 0 Å². The van der Waals surface area contributed by atoms with E-state index in [1.807, 2.05) is 7.05 Å². The maximum atomic E-state index is 5.21. The predicted molar refractivity (Wildman–Crippen MR) is 65.9 cm³/mol. The first-order valence-corrected chi connectivity index (χ1v) is 5.79. The van der Waals surface area contributed by atoms with E-state index < -0.39 is 0 Å². The van der Waals surface area contributed by atoms with Crippen molar-refractivity contribution < 1.29 is 4.52 Å². The van der Waals surface area contributed by atoms with Crippen LogP contribution in [0.25, 0.3) is 0 Å². The first kappa shape index (κ1) is 11.8. The molecule has 0 atom stereocenters. The second kappa shape index (κ2) is 5.59. The van der Waals surface area contributed by atoms with Gasteiger partial charge in [-0.25, -0.2) is 0 Å². The molecule has 0 radical (unpaired) electrons. The van der Waals surface area contributed by atoms with Crippen LogP contribution in [0.4, 0.5) is 0 Å². The lowest BCUT2D eigenvalue weighted by Gasteiger charge is -1.97. The van der Waals surface area contributed by atoms with Crippen molar-refractivity contribution in [1.29, 1.82) is 0 Å². The Hall–Kier alpha value is -1.68. The Balaban J connectivity index is 1.98. The van der Waals surface area contributed by atoms with E-state index in [-0.39, 0.29) is 0 Å². The normalized spacial score (nSPS) is 10.7. The molecule has 1 aromatic heterocycles. The molecule has 0 bridgehead atoms. The Morgan fingerprint density at radius 1 is 1.24 bits per heavy atom. The molecule has 1 N–H and O–H groups in total. The van der Waals surface area contributed by atoms with Crippen molar-refractivity contribution >= 4 is 0 Å². The fourth-order valence-electron chi connectivity index (χ4n) is 1.58. The number of nitrogens with zero attached hydrogens (tertiary/aromatic N) is 2. The molecule has 0 spiro atoms. The van der Waals surface area contributed by atoms with Gasteiger partial charge in [-0.15, -0.1) is 0 Å². The van der Waals surface area contributed by atoms with Crippen LogP contribution in [0.3, 0.4) is 0 Å². The number of hydrogen-bond donors (Lipinski definition) is 1. The van der Waals surface area contributed by atoms with Crippen molar-refractivity contribution in [2.75, 3.05) is 13.6 Å². The molecule has 0 aliphatic rings. The number of benzene rings is 1. The molecule has 0 aliphatic carbocycles. The van der Waals surface area contributed by atoms with E-state index in [1.165, 1.54) is 11.1 Å². The van der Waals surface area contributed by atoms with E-state index in [0.29, 0.717) is 12.3 Å². The molecule has 4 heteroatoms. The van der Waals surface area contributed by atoms with Gasteiger partial charge in [0.2, 0.25) is 5.89 Å². The van der Waals surface area contributed by atoms with Crippen molar-refractivity contribution in [3.05, 3.63) is 47.1 Å². The molecule has 17 heavy (non-hydrogen) atoms. The SMILES string of the molecule is CNCCc1noc(Cc2ccc(C)cc2)n1. The molecular weight excluding hydrogens is 214 g/mol. The number of aryl methyl sites for hydroxylation is 1. The molecule has 0 amide bonds. The lowest BCUT2D eigenvalue weighted by atomic mass is 10.1. The summed E-state index contributed by atoms with van der Waals surface area (Å²) in [5.74, 6) is 1.45. The van der Waals surface area contributed by atoms with Crippen molar-refractivity contribution in [2.24, 2.45) is 0 Å². The molecule has 1 heterocycles. The van der Waals surface area contributed by atoms with Gasteiger partial charge in [0.25, 0.3) is 0 Å². The van der Waals surface area contributed by atoms with Crippen LogP contribution in [-0.4, -0.2) is 23.7 Å². The third-order valence-electron chi connectivity index (χ3n) is 2.58. The molecule has 0 saturated carbocycles. The summed E-state index contributed by atoms with van der Waals surface area (Å²) in [4.78, 5) is 4.35. The monoisotopic (exact) mass is 231 g/mol. The fraction of sp³-hybridized carbons (Fsp3) is 0.385. The van der Waals surface area contributed by atoms with Gasteiger partial charge in [-0.3, -0.25) is 0 Å². The zero-order chi connectivity index (χ0) is 12.1. The van der Waals surface area contributed by atoms with E-state index >= 15 is 0 Å². The lowest BCUT2D eigenvalue weighted by molar-refractivity contribution is 0.379. The number of aromatic nitrogens is 2. The molecule has 2 rings (SSSR count). The number of nitrogens with one attached hydrogen (secondary N) is 1. The molecule has 0 saturated heterocycles. The molecule has 0 unspecified atom stereocenters. The van der Waals surface area contributed by atoms with Crippen molar-refractivity contribution in [2.45, 2.75) is 19.8 Å². The van der Waals surface area contributed by atoms with Crippen LogP contribution in [0, 0.1) is 6.92 Å². The first-order valence-electron chi connectivity index (χ1n) is 5.79. The largest absolute Gasteiger partial charge is 0.339 e. The second-order valence-electron chi connectivity index (χ2n) is 4.12. The summed E-state index contributed by atoms with van der Waals surface area (Å²) in [7, 11) is 1.91. The van der Waals surface area contributed by atoms with E-state index in [4.69, 9.17) is 4.52 Å². The third-order valence-corrected chi connectivity index (χ3v) is 2.58. The van der Waals surface area contributed by atoms with Crippen molar-refractivity contribution in [1.82, 2.24) is 15.5 Å². The number of likely N-dealkylation sites (N-methyl/N-ethyl adjacent to an activating group) is 1. The highest BCUT2D eigenvalue weighted by molar-refractivity contribution is 5.23. The maximum Gasteiger partial charge on any atom is 0.231 e. The van der Waals surface area contributed by atoms with Crippen LogP contribution in [0.2, 0.25) is 0 Å². The van der Waals surface area contributed by atoms with Crippen molar-refractivity contribution in [3.8, 4) is 0 Å². The van der Waals surface area contributed by atoms with Gasteiger partial charge in [-0.1, -0.05) is 35.0 Å². The minimum atomic E-state index is 0.681. The Labute approximate surface area is 101 Å². The second-order valence-corrected chi connectivity index (χ2v) is 4.12. The van der Waals surface area contributed by atoms with Crippen molar-refractivity contribution in [3.63, 3.8) is 0 Å². The molecule has 2 aromatic rings. The third kappa shape index (κ3) is 3.39. The smallest absolute Gasteiger partial charge is 0.231 e. The predicted octanol–water partition coefficient (Wildman–Crippen LogP) is 1.73. The Kier molecular flexibility index (Phi) is 3.88. The van der Waals surface area contributed by atoms with Gasteiger partial charge in [0.1, 0.15) is 0 Å². The summed E-state index contributed by atoms with van der Waals surface area (Å²) in [5, 5.41) is 7.00. The zero-order valence-electron chi connectivity index (χ0n) is 10.2. The van der Waals surface area contributed by atoms with Gasteiger partial charge in [-0.05, 0) is 19.5 Å². The summed E-state index contributed by atoms with van der Waals surface area (Å²) < 4.78 is 5.21. The minimum absolute atomic E-state index is 0.681. The number of hydrogen-bond acceptors (Lipinski definition) is 4. The average Bonchev–Trinajstić information content (AvgIpc) is 2.77. The highest BCUT2D eigenvalue weighted by Crippen LogP contribution is 2.09. The van der Waals surface area contributed by atoms with Crippen LogP contribution in [-0.2, 0) is 12.8 Å². The van der Waals surface area contributed by atoms with E-state index in [9.17, 15) is 0 Å². The van der Waals surface area contributed by atoms with Crippen LogP contribution in [0.5, 0.6) is 0 Å². The Bertz CT molecular complexity index is 462. The summed E-state index contributed by atoms with van der Waals surface area (Å²) in [6, 6.07) is 8.36. The van der Waals surface area contributed by atoms with Crippen LogP contribution in [0.1, 0.15) is 22.8 Å². The summed E-state index contributed by atoms with van der Waals surface area (Å²) in [5.41, 5.74) is 2.45. The van der Waals surface area contributed by atoms with Gasteiger partial charge in [0.15, 0.2) is 5.82 Å². The standard InChI is InChI=1S/C13H17N3O/c1-10-3-5-11(6-4-10)9-13-15-12(16-17-13)7-8-14-2/h3-6,14H,7-9H2,1-2H3. The van der Waals surface area contributed by atoms with E-state index in [2.05, 4.69) is 46.6 Å². The molecular formula is C13H17N3O.